The third-order valence-electron chi connectivity index (χ3n) is 8.29. The predicted molar refractivity (Wildman–Crippen MR) is 100 cm³/mol. The van der Waals surface area contributed by atoms with Crippen molar-refractivity contribution in [3.63, 3.8) is 0 Å². The van der Waals surface area contributed by atoms with Crippen LogP contribution in [0.2, 0.25) is 0 Å². The number of amides is 2. The molecule has 0 N–H and O–H groups in total. The lowest BCUT2D eigenvalue weighted by atomic mass is 9.49. The number of carbonyl (C=O) groups is 2. The highest BCUT2D eigenvalue weighted by Crippen LogP contribution is 2.60. The van der Waals surface area contributed by atoms with Gasteiger partial charge in [-0.1, -0.05) is 12.8 Å². The number of carbonyl (C=O) groups excluding carboxylic acids is 2. The van der Waals surface area contributed by atoms with E-state index < -0.39 is 0 Å². The summed E-state index contributed by atoms with van der Waals surface area (Å²) >= 11 is 0. The van der Waals surface area contributed by atoms with Gasteiger partial charge in [0.05, 0.1) is 5.41 Å². The minimum atomic E-state index is -0.0284. The fourth-order valence-corrected chi connectivity index (χ4v) is 7.48. The molecule has 0 radical (unpaired) electrons. The Morgan fingerprint density at radius 1 is 0.692 bits per heavy atom. The van der Waals surface area contributed by atoms with Gasteiger partial charge in [-0.05, 0) is 75.5 Å². The highest BCUT2D eigenvalue weighted by molar-refractivity contribution is 5.84. The number of hydrogen-bond donors (Lipinski definition) is 0. The average Bonchev–Trinajstić information content (AvgIpc) is 3.04. The van der Waals surface area contributed by atoms with Crippen LogP contribution in [0.15, 0.2) is 0 Å². The van der Waals surface area contributed by atoms with E-state index in [1.54, 1.807) is 0 Å². The Morgan fingerprint density at radius 2 is 1.23 bits per heavy atom. The SMILES string of the molecule is O=C(C1CCCC1)N1CCCN(C(=O)C23CC4CC(CC(C4)C2)C3)CC1. The van der Waals surface area contributed by atoms with Gasteiger partial charge in [-0.15, -0.1) is 0 Å². The molecule has 0 aromatic carbocycles. The van der Waals surface area contributed by atoms with Crippen molar-refractivity contribution in [2.45, 2.75) is 70.6 Å². The zero-order chi connectivity index (χ0) is 17.7. The molecule has 2 amide bonds. The van der Waals surface area contributed by atoms with Gasteiger partial charge in [-0.3, -0.25) is 9.59 Å². The fourth-order valence-electron chi connectivity index (χ4n) is 7.48. The van der Waals surface area contributed by atoms with Crippen molar-refractivity contribution in [2.24, 2.45) is 29.1 Å². The van der Waals surface area contributed by atoms with Crippen molar-refractivity contribution in [3.8, 4) is 0 Å². The van der Waals surface area contributed by atoms with Crippen molar-refractivity contribution in [1.82, 2.24) is 9.80 Å². The molecule has 0 unspecified atom stereocenters. The van der Waals surface area contributed by atoms with Crippen LogP contribution in [0.3, 0.4) is 0 Å². The van der Waals surface area contributed by atoms with E-state index >= 15 is 0 Å². The standard InChI is InChI=1S/C22H34N2O2/c25-20(19-4-1-2-5-19)23-6-3-7-24(9-8-23)21(26)22-13-16-10-17(14-22)12-18(11-16)15-22/h16-19H,1-15H2. The molecule has 6 aliphatic rings. The van der Waals surface area contributed by atoms with Crippen molar-refractivity contribution < 1.29 is 9.59 Å². The van der Waals surface area contributed by atoms with Crippen LogP contribution in [0.1, 0.15) is 70.6 Å². The molecule has 0 atom stereocenters. The maximum atomic E-state index is 13.6. The van der Waals surface area contributed by atoms with Crippen LogP contribution in [0, 0.1) is 29.1 Å². The molecule has 1 heterocycles. The monoisotopic (exact) mass is 358 g/mol. The summed E-state index contributed by atoms with van der Waals surface area (Å²) in [7, 11) is 0. The molecule has 4 heteroatoms. The molecule has 5 aliphatic carbocycles. The topological polar surface area (TPSA) is 40.6 Å². The first-order valence-electron chi connectivity index (χ1n) is 11.2. The molecule has 4 nitrogen and oxygen atoms in total. The van der Waals surface area contributed by atoms with E-state index in [9.17, 15) is 9.59 Å². The van der Waals surface area contributed by atoms with E-state index in [-0.39, 0.29) is 11.3 Å². The number of hydrogen-bond acceptors (Lipinski definition) is 2. The third kappa shape index (κ3) is 2.88. The number of rotatable bonds is 2. The van der Waals surface area contributed by atoms with E-state index in [2.05, 4.69) is 9.80 Å². The third-order valence-corrected chi connectivity index (χ3v) is 8.29. The first kappa shape index (κ1) is 17.1. The quantitative estimate of drug-likeness (QED) is 0.758. The predicted octanol–water partition coefficient (Wildman–Crippen LogP) is 3.45. The van der Waals surface area contributed by atoms with Crippen molar-refractivity contribution >= 4 is 11.8 Å². The van der Waals surface area contributed by atoms with Crippen molar-refractivity contribution in [1.29, 1.82) is 0 Å². The Morgan fingerprint density at radius 3 is 1.85 bits per heavy atom. The highest BCUT2D eigenvalue weighted by Gasteiger charge is 2.55. The first-order valence-corrected chi connectivity index (χ1v) is 11.2. The minimum absolute atomic E-state index is 0.0284. The lowest BCUT2D eigenvalue weighted by Crippen LogP contribution is -2.55. The van der Waals surface area contributed by atoms with Crippen LogP contribution in [-0.4, -0.2) is 47.8 Å². The molecule has 1 saturated heterocycles. The Kier molecular flexibility index (Phi) is 4.28. The summed E-state index contributed by atoms with van der Waals surface area (Å²) in [6.07, 6.45) is 13.1. The Hall–Kier alpha value is -1.06. The summed E-state index contributed by atoms with van der Waals surface area (Å²) < 4.78 is 0. The van der Waals surface area contributed by atoms with Crippen LogP contribution in [0.4, 0.5) is 0 Å². The molecule has 0 spiro atoms. The smallest absolute Gasteiger partial charge is 0.228 e. The van der Waals surface area contributed by atoms with E-state index in [1.807, 2.05) is 0 Å². The van der Waals surface area contributed by atoms with Crippen LogP contribution in [0.25, 0.3) is 0 Å². The molecular weight excluding hydrogens is 324 g/mol. The second-order valence-electron chi connectivity index (χ2n) is 10.2. The molecule has 6 fully saturated rings. The van der Waals surface area contributed by atoms with Gasteiger partial charge < -0.3 is 9.80 Å². The summed E-state index contributed by atoms with van der Waals surface area (Å²) in [5.74, 6) is 3.53. The summed E-state index contributed by atoms with van der Waals surface area (Å²) in [6, 6.07) is 0. The van der Waals surface area contributed by atoms with Crippen LogP contribution in [-0.2, 0) is 9.59 Å². The van der Waals surface area contributed by atoms with E-state index in [1.165, 1.54) is 32.1 Å². The van der Waals surface area contributed by atoms with Gasteiger partial charge in [0.25, 0.3) is 0 Å². The lowest BCUT2D eigenvalue weighted by Gasteiger charge is -2.56. The van der Waals surface area contributed by atoms with Crippen molar-refractivity contribution in [3.05, 3.63) is 0 Å². The maximum absolute atomic E-state index is 13.6. The molecule has 4 bridgehead atoms. The van der Waals surface area contributed by atoms with Crippen LogP contribution >= 0.6 is 0 Å². The fraction of sp³-hybridized carbons (Fsp3) is 0.909. The molecule has 5 saturated carbocycles. The molecule has 26 heavy (non-hydrogen) atoms. The van der Waals surface area contributed by atoms with Gasteiger partial charge in [0.2, 0.25) is 11.8 Å². The lowest BCUT2D eigenvalue weighted by molar-refractivity contribution is -0.157. The van der Waals surface area contributed by atoms with Gasteiger partial charge in [0.15, 0.2) is 0 Å². The van der Waals surface area contributed by atoms with Crippen molar-refractivity contribution in [2.75, 3.05) is 26.2 Å². The molecule has 144 valence electrons. The maximum Gasteiger partial charge on any atom is 0.228 e. The molecule has 0 aromatic heterocycles. The van der Waals surface area contributed by atoms with E-state index in [0.29, 0.717) is 11.8 Å². The normalized spacial score (nSPS) is 40.1. The summed E-state index contributed by atoms with van der Waals surface area (Å²) in [5.41, 5.74) is -0.0284. The van der Waals surface area contributed by atoms with Crippen LogP contribution in [0.5, 0.6) is 0 Å². The summed E-state index contributed by atoms with van der Waals surface area (Å²) in [4.78, 5) is 30.6. The minimum Gasteiger partial charge on any atom is -0.341 e. The van der Waals surface area contributed by atoms with Gasteiger partial charge in [-0.25, -0.2) is 0 Å². The van der Waals surface area contributed by atoms with Gasteiger partial charge in [-0.2, -0.15) is 0 Å². The largest absolute Gasteiger partial charge is 0.341 e. The second-order valence-corrected chi connectivity index (χ2v) is 10.2. The summed E-state index contributed by atoms with van der Waals surface area (Å²) in [5, 5.41) is 0. The molecule has 6 rings (SSSR count). The Balaban J connectivity index is 1.25. The summed E-state index contributed by atoms with van der Waals surface area (Å²) in [6.45, 7) is 3.22. The molecular formula is C22H34N2O2. The van der Waals surface area contributed by atoms with Gasteiger partial charge in [0.1, 0.15) is 0 Å². The average molecular weight is 359 g/mol. The van der Waals surface area contributed by atoms with Gasteiger partial charge in [0, 0.05) is 32.1 Å². The van der Waals surface area contributed by atoms with E-state index in [0.717, 1.165) is 82.5 Å². The molecule has 0 aromatic rings. The highest BCUT2D eigenvalue weighted by atomic mass is 16.2. The second kappa shape index (κ2) is 6.53. The van der Waals surface area contributed by atoms with Crippen LogP contribution < -0.4 is 0 Å². The Labute approximate surface area is 157 Å². The Bertz CT molecular complexity index is 545. The van der Waals surface area contributed by atoms with Gasteiger partial charge >= 0.3 is 0 Å². The zero-order valence-corrected chi connectivity index (χ0v) is 16.1. The molecule has 1 aliphatic heterocycles. The zero-order valence-electron chi connectivity index (χ0n) is 16.1. The van der Waals surface area contributed by atoms with E-state index in [4.69, 9.17) is 0 Å². The first-order chi connectivity index (χ1) is 12.6. The number of nitrogens with zero attached hydrogens (tertiary/aromatic N) is 2.